The molecule has 4 nitrogen and oxygen atoms in total. The predicted molar refractivity (Wildman–Crippen MR) is 34.4 cm³/mol. The van der Waals surface area contributed by atoms with Gasteiger partial charge in [-0.2, -0.15) is 0 Å². The van der Waals surface area contributed by atoms with Crippen LogP contribution in [0.3, 0.4) is 0 Å². The Bertz CT molecular complexity index is 153. The van der Waals surface area contributed by atoms with E-state index < -0.39 is 0 Å². The van der Waals surface area contributed by atoms with Gasteiger partial charge in [-0.3, -0.25) is 4.79 Å². The predicted octanol–water partition coefficient (Wildman–Crippen LogP) is -1.12. The molecule has 0 aromatic heterocycles. The van der Waals surface area contributed by atoms with Crippen molar-refractivity contribution in [1.82, 2.24) is 5.32 Å². The first kappa shape index (κ1) is 6.12. The second-order valence-electron chi connectivity index (χ2n) is 2.34. The molecule has 58 valence electrons. The number of rotatable bonds is 2. The van der Waals surface area contributed by atoms with Crippen LogP contribution in [0.15, 0.2) is 0 Å². The maximum Gasteiger partial charge on any atom is 0.322 e. The number of hydrogen-bond donors (Lipinski definition) is 2. The van der Waals surface area contributed by atoms with Gasteiger partial charge in [-0.25, -0.2) is 0 Å². The van der Waals surface area contributed by atoms with Crippen LogP contribution < -0.4 is 5.32 Å². The Hall–Kier alpha value is -0.610. The van der Waals surface area contributed by atoms with E-state index in [1.54, 1.807) is 0 Å². The number of methoxy groups -OCH3 is 1. The number of aliphatic hydroxyl groups is 1. The van der Waals surface area contributed by atoms with Crippen LogP contribution in [-0.2, 0) is 9.53 Å². The molecular weight excluding hydrogens is 134 g/mol. The topological polar surface area (TPSA) is 58.6 Å². The van der Waals surface area contributed by atoms with Crippen molar-refractivity contribution in [3.8, 4) is 0 Å². The molecule has 1 aliphatic heterocycles. The zero-order chi connectivity index (χ0) is 8.27. The fourth-order valence-electron chi connectivity index (χ4n) is 1.03. The van der Waals surface area contributed by atoms with Crippen molar-refractivity contribution in [2.45, 2.75) is 18.6 Å². The molecule has 0 amide bonds. The van der Waals surface area contributed by atoms with Crippen molar-refractivity contribution in [3.63, 3.8) is 0 Å². The number of carbonyl (C=O) groups excluding carboxylic acids is 1. The van der Waals surface area contributed by atoms with Crippen molar-refractivity contribution in [2.24, 2.45) is 0 Å². The standard InChI is InChI=1S/C6H11NO3/c1-10-6(9)5-2-4(8)3-7-5/h4-5,7-8H,2-3H2,1H3/t4-,5+/m1/s1/i8D. The van der Waals surface area contributed by atoms with E-state index in [9.17, 15) is 4.79 Å². The van der Waals surface area contributed by atoms with Gasteiger partial charge in [0.15, 0.2) is 0 Å². The van der Waals surface area contributed by atoms with Crippen LogP contribution in [0.4, 0.5) is 0 Å². The molecule has 4 heteroatoms. The van der Waals surface area contributed by atoms with Crippen LogP contribution >= 0.6 is 0 Å². The lowest BCUT2D eigenvalue weighted by molar-refractivity contribution is -0.142. The number of ether oxygens (including phenoxy) is 1. The molecule has 1 aliphatic rings. The molecule has 0 saturated carbocycles. The summed E-state index contributed by atoms with van der Waals surface area (Å²) in [6.07, 6.45) is 0.343. The molecule has 0 spiro atoms. The van der Waals surface area contributed by atoms with Crippen LogP contribution in [0.1, 0.15) is 6.42 Å². The Morgan fingerprint density at radius 3 is 3.30 bits per heavy atom. The number of nitrogens with one attached hydrogen (secondary N) is 1. The molecule has 1 heterocycles. The van der Waals surface area contributed by atoms with Crippen molar-refractivity contribution in [1.29, 1.82) is 1.43 Å². The second kappa shape index (κ2) is 2.98. The highest BCUT2D eigenvalue weighted by molar-refractivity contribution is 5.76. The lowest BCUT2D eigenvalue weighted by atomic mass is 10.2. The van der Waals surface area contributed by atoms with Crippen molar-refractivity contribution < 1.29 is 14.6 Å². The average Bonchev–Trinajstić information content (AvgIpc) is 2.50. The van der Waals surface area contributed by atoms with E-state index in [2.05, 4.69) is 15.2 Å². The molecule has 0 radical (unpaired) electrons. The fourth-order valence-corrected chi connectivity index (χ4v) is 1.03. The monoisotopic (exact) mass is 146 g/mol. The summed E-state index contributed by atoms with van der Waals surface area (Å²) in [4.78, 5) is 10.9. The van der Waals surface area contributed by atoms with Crippen molar-refractivity contribution in [3.05, 3.63) is 0 Å². The van der Waals surface area contributed by atoms with E-state index in [4.69, 9.17) is 1.43 Å². The van der Waals surface area contributed by atoms with E-state index in [0.717, 1.165) is 0 Å². The van der Waals surface area contributed by atoms with E-state index in [1.165, 1.54) is 7.11 Å². The summed E-state index contributed by atoms with van der Waals surface area (Å²) >= 11 is 0. The van der Waals surface area contributed by atoms with Gasteiger partial charge in [0.2, 0.25) is 1.43 Å². The van der Waals surface area contributed by atoms with E-state index in [-0.39, 0.29) is 18.1 Å². The Balaban J connectivity index is 2.35. The van der Waals surface area contributed by atoms with Crippen molar-refractivity contribution >= 4 is 5.97 Å². The van der Waals surface area contributed by atoms with Crippen LogP contribution in [0.2, 0.25) is 0 Å². The van der Waals surface area contributed by atoms with Crippen LogP contribution in [-0.4, -0.2) is 38.3 Å². The zero-order valence-corrected chi connectivity index (χ0v) is 5.79. The molecule has 1 fully saturated rings. The molecule has 2 atom stereocenters. The van der Waals surface area contributed by atoms with Gasteiger partial charge >= 0.3 is 5.97 Å². The van der Waals surface area contributed by atoms with Gasteiger partial charge in [0.25, 0.3) is 0 Å². The fraction of sp³-hybridized carbons (Fsp3) is 0.833. The lowest BCUT2D eigenvalue weighted by Gasteiger charge is -2.05. The number of hydrogen-bond acceptors (Lipinski definition) is 4. The quantitative estimate of drug-likeness (QED) is 0.485. The summed E-state index contributed by atoms with van der Waals surface area (Å²) in [6, 6.07) is -0.296. The maximum atomic E-state index is 10.9. The minimum atomic E-state index is -0.296. The maximum absolute atomic E-state index is 10.9. The molecule has 2 N–H and O–H groups in total. The summed E-state index contributed by atoms with van der Waals surface area (Å²) < 4.78 is 11.1. The zero-order valence-electron chi connectivity index (χ0n) is 6.79. The first-order chi connectivity index (χ1) is 5.27. The largest absolute Gasteiger partial charge is 0.468 e. The number of β-amino-alcohol motifs (C(OH)–C–C–N with tert-alkyl or cyclic N) is 1. The first-order valence-electron chi connectivity index (χ1n) is 3.62. The van der Waals surface area contributed by atoms with Gasteiger partial charge in [-0.1, -0.05) is 0 Å². The highest BCUT2D eigenvalue weighted by Crippen LogP contribution is 2.06. The minimum absolute atomic E-state index is 0.181. The summed E-state index contributed by atoms with van der Waals surface area (Å²) in [5.74, 6) is -0.287. The minimum Gasteiger partial charge on any atom is -0.468 e. The van der Waals surface area contributed by atoms with Gasteiger partial charge < -0.3 is 15.2 Å². The Kier molecular flexibility index (Phi) is 1.83. The highest BCUT2D eigenvalue weighted by atomic mass is 16.5. The van der Waals surface area contributed by atoms with E-state index in [0.29, 0.717) is 13.0 Å². The summed E-state index contributed by atoms with van der Waals surface area (Å²) in [5.41, 5.74) is 0. The van der Waals surface area contributed by atoms with Gasteiger partial charge in [-0.15, -0.1) is 0 Å². The summed E-state index contributed by atoms with van der Waals surface area (Å²) in [5, 5.41) is 7.20. The second-order valence-corrected chi connectivity index (χ2v) is 2.34. The molecule has 10 heavy (non-hydrogen) atoms. The molecule has 0 aliphatic carbocycles. The molecular formula is C6H11NO3. The number of esters is 1. The molecule has 0 bridgehead atoms. The van der Waals surface area contributed by atoms with Crippen LogP contribution in [0.25, 0.3) is 0 Å². The number of aliphatic hydroxyl groups excluding tert-OH is 1. The van der Waals surface area contributed by atoms with Crippen LogP contribution in [0, 0.1) is 0 Å². The lowest BCUT2D eigenvalue weighted by Crippen LogP contribution is -2.31. The van der Waals surface area contributed by atoms with E-state index >= 15 is 0 Å². The summed E-state index contributed by atoms with van der Waals surface area (Å²) in [6.45, 7) is 0.545. The number of carbonyl (C=O) groups is 1. The van der Waals surface area contributed by atoms with Gasteiger partial charge in [-0.05, 0) is 0 Å². The van der Waals surface area contributed by atoms with Gasteiger partial charge in [0.05, 0.1) is 13.2 Å². The normalized spacial score (nSPS) is 33.5. The van der Waals surface area contributed by atoms with E-state index in [1.807, 2.05) is 0 Å². The Morgan fingerprint density at radius 1 is 2.00 bits per heavy atom. The van der Waals surface area contributed by atoms with Gasteiger partial charge in [0.1, 0.15) is 6.04 Å². The molecule has 0 unspecified atom stereocenters. The molecule has 1 rings (SSSR count). The van der Waals surface area contributed by atoms with Gasteiger partial charge in [0, 0.05) is 13.0 Å². The third-order valence-electron chi connectivity index (χ3n) is 1.58. The average molecular weight is 146 g/mol. The molecule has 0 aromatic rings. The molecule has 1 saturated heterocycles. The third-order valence-corrected chi connectivity index (χ3v) is 1.58. The Labute approximate surface area is 60.7 Å². The third kappa shape index (κ3) is 1.46. The SMILES string of the molecule is [2H]O[C@H]1CN[C@H](C(=O)OC)C1. The summed E-state index contributed by atoms with van der Waals surface area (Å²) in [7, 11) is 1.35. The van der Waals surface area contributed by atoms with Crippen LogP contribution in [0.5, 0.6) is 0 Å². The first-order valence-corrected chi connectivity index (χ1v) is 3.21. The highest BCUT2D eigenvalue weighted by Gasteiger charge is 2.28. The van der Waals surface area contributed by atoms with Crippen molar-refractivity contribution in [2.75, 3.05) is 13.7 Å². The smallest absolute Gasteiger partial charge is 0.322 e. The molecule has 0 aromatic carbocycles. The Morgan fingerprint density at radius 2 is 2.80 bits per heavy atom.